The summed E-state index contributed by atoms with van der Waals surface area (Å²) in [6.45, 7) is 3.49. The van der Waals surface area contributed by atoms with Crippen LogP contribution in [0.3, 0.4) is 0 Å². The van der Waals surface area contributed by atoms with Crippen LogP contribution in [-0.2, 0) is 4.57 Å². The highest BCUT2D eigenvalue weighted by Gasteiger charge is 2.18. The summed E-state index contributed by atoms with van der Waals surface area (Å²) in [6.07, 6.45) is 0. The minimum absolute atomic E-state index is 0.278. The van der Waals surface area contributed by atoms with E-state index in [2.05, 4.69) is 6.58 Å². The van der Waals surface area contributed by atoms with E-state index in [1.165, 1.54) is 0 Å². The molecule has 2 nitrogen and oxygen atoms in total. The van der Waals surface area contributed by atoms with Gasteiger partial charge in [-0.3, -0.25) is 0 Å². The van der Waals surface area contributed by atoms with Gasteiger partial charge < -0.3 is 0 Å². The summed E-state index contributed by atoms with van der Waals surface area (Å²) in [7, 11) is -2.28. The van der Waals surface area contributed by atoms with Gasteiger partial charge in [0.05, 0.1) is 0 Å². The van der Waals surface area contributed by atoms with E-state index in [4.69, 9.17) is 4.89 Å². The Morgan fingerprint density at radius 3 is 2.36 bits per heavy atom. The van der Waals surface area contributed by atoms with Crippen molar-refractivity contribution in [2.75, 3.05) is 0 Å². The van der Waals surface area contributed by atoms with Gasteiger partial charge in [0.15, 0.2) is 0 Å². The molecule has 56 valence electrons. The molecule has 1 unspecified atom stereocenters. The van der Waals surface area contributed by atoms with Crippen molar-refractivity contribution in [2.24, 2.45) is 0 Å². The van der Waals surface area contributed by atoms with Crippen LogP contribution in [0.2, 0.25) is 0 Å². The van der Waals surface area contributed by atoms with Crippen LogP contribution in [0.25, 0.3) is 5.31 Å². The molecule has 1 aromatic rings. The highest BCUT2D eigenvalue weighted by molar-refractivity contribution is 7.50. The molecule has 0 aliphatic carbocycles. The predicted octanol–water partition coefficient (Wildman–Crippen LogP) is 2.39. The van der Waals surface area contributed by atoms with Crippen molar-refractivity contribution in [3.8, 4) is 0 Å². The number of hydrogen-bond donors (Lipinski definition) is 1. The Kier molecular flexibility index (Phi) is 2.53. The van der Waals surface area contributed by atoms with Crippen LogP contribution in [-0.4, -0.2) is 4.89 Å². The fourth-order valence-electron chi connectivity index (χ4n) is 0.741. The largest absolute Gasteiger partial charge is 0.546 e. The first-order chi connectivity index (χ1) is 5.22. The lowest BCUT2D eigenvalue weighted by Gasteiger charge is -1.88. The number of hydrogen-bond acceptors (Lipinski definition) is 1. The maximum atomic E-state index is 10.5. The Morgan fingerprint density at radius 1 is 1.36 bits per heavy atom. The van der Waals surface area contributed by atoms with Gasteiger partial charge >= 0.3 is 8.03 Å². The summed E-state index contributed by atoms with van der Waals surface area (Å²) in [4.78, 5) is 8.68. The standard InChI is InChI=1S/C8H7O2P/c1-7(11(9)10)8-5-3-2-4-6-8/h2-6H,1H2/p+1. The van der Waals surface area contributed by atoms with Gasteiger partial charge in [-0.1, -0.05) is 30.3 Å². The first kappa shape index (κ1) is 8.12. The van der Waals surface area contributed by atoms with E-state index in [-0.39, 0.29) is 5.31 Å². The summed E-state index contributed by atoms with van der Waals surface area (Å²) in [5.41, 5.74) is 0.719. The van der Waals surface area contributed by atoms with Gasteiger partial charge in [-0.05, 0) is 11.1 Å². The Labute approximate surface area is 66.1 Å². The van der Waals surface area contributed by atoms with Crippen molar-refractivity contribution in [1.29, 1.82) is 0 Å². The first-order valence-electron chi connectivity index (χ1n) is 3.12. The van der Waals surface area contributed by atoms with Gasteiger partial charge in [-0.2, -0.15) is 4.89 Å². The van der Waals surface area contributed by atoms with Crippen molar-refractivity contribution >= 4 is 13.3 Å². The van der Waals surface area contributed by atoms with E-state index in [0.717, 1.165) is 5.56 Å². The SMILES string of the molecule is C=C(c1ccccc1)[P+](=O)O. The number of benzene rings is 1. The van der Waals surface area contributed by atoms with Crippen LogP contribution in [0.1, 0.15) is 5.56 Å². The second kappa shape index (κ2) is 3.42. The van der Waals surface area contributed by atoms with Gasteiger partial charge in [0, 0.05) is 5.56 Å². The van der Waals surface area contributed by atoms with E-state index < -0.39 is 8.03 Å². The summed E-state index contributed by atoms with van der Waals surface area (Å²) < 4.78 is 10.5. The zero-order chi connectivity index (χ0) is 8.27. The van der Waals surface area contributed by atoms with Crippen LogP contribution >= 0.6 is 8.03 Å². The molecule has 0 radical (unpaired) electrons. The van der Waals surface area contributed by atoms with Gasteiger partial charge in [0.2, 0.25) is 5.31 Å². The molecule has 0 bridgehead atoms. The highest BCUT2D eigenvalue weighted by Crippen LogP contribution is 2.33. The van der Waals surface area contributed by atoms with Crippen LogP contribution in [0.15, 0.2) is 36.9 Å². The fraction of sp³-hybridized carbons (Fsp3) is 0. The van der Waals surface area contributed by atoms with Crippen molar-refractivity contribution in [3.05, 3.63) is 42.5 Å². The molecule has 0 aliphatic rings. The van der Waals surface area contributed by atoms with Gasteiger partial charge in [0.25, 0.3) is 0 Å². The summed E-state index contributed by atoms with van der Waals surface area (Å²) in [5, 5.41) is 0.278. The summed E-state index contributed by atoms with van der Waals surface area (Å²) >= 11 is 0. The van der Waals surface area contributed by atoms with E-state index in [0.29, 0.717) is 0 Å². The average molecular weight is 167 g/mol. The molecule has 0 fully saturated rings. The van der Waals surface area contributed by atoms with Gasteiger partial charge in [-0.15, -0.1) is 0 Å². The summed E-state index contributed by atoms with van der Waals surface area (Å²) in [6, 6.07) is 8.97. The maximum Gasteiger partial charge on any atom is 0.546 e. The van der Waals surface area contributed by atoms with Crippen LogP contribution in [0, 0.1) is 0 Å². The maximum absolute atomic E-state index is 10.5. The molecule has 1 aromatic carbocycles. The molecule has 1 N–H and O–H groups in total. The molecule has 3 heteroatoms. The second-order valence-corrected chi connectivity index (χ2v) is 3.17. The molecular formula is C8H8O2P+. The van der Waals surface area contributed by atoms with E-state index in [9.17, 15) is 4.57 Å². The third-order valence-electron chi connectivity index (χ3n) is 1.34. The minimum Gasteiger partial charge on any atom is -0.156 e. The fourth-order valence-corrected chi connectivity index (χ4v) is 1.11. The molecule has 1 rings (SSSR count). The minimum atomic E-state index is -2.28. The van der Waals surface area contributed by atoms with Crippen LogP contribution < -0.4 is 0 Å². The monoisotopic (exact) mass is 167 g/mol. The van der Waals surface area contributed by atoms with Crippen LogP contribution in [0.4, 0.5) is 0 Å². The Hall–Kier alpha value is -0.980. The van der Waals surface area contributed by atoms with Gasteiger partial charge in [0.1, 0.15) is 0 Å². The quantitative estimate of drug-likeness (QED) is 0.686. The van der Waals surface area contributed by atoms with Gasteiger partial charge in [-0.25, -0.2) is 0 Å². The van der Waals surface area contributed by atoms with E-state index in [1.54, 1.807) is 24.3 Å². The molecule has 0 amide bonds. The zero-order valence-electron chi connectivity index (χ0n) is 5.90. The lowest BCUT2D eigenvalue weighted by molar-refractivity contribution is 0.514. The number of rotatable bonds is 2. The molecular weight excluding hydrogens is 159 g/mol. The molecule has 0 saturated carbocycles. The third kappa shape index (κ3) is 1.97. The molecule has 0 aliphatic heterocycles. The topological polar surface area (TPSA) is 37.3 Å². The molecule has 1 atom stereocenters. The Balaban J connectivity index is 2.95. The van der Waals surface area contributed by atoms with E-state index in [1.807, 2.05) is 6.07 Å². The third-order valence-corrected chi connectivity index (χ3v) is 2.06. The smallest absolute Gasteiger partial charge is 0.156 e. The van der Waals surface area contributed by atoms with Crippen LogP contribution in [0.5, 0.6) is 0 Å². The Bertz CT molecular complexity index is 279. The zero-order valence-corrected chi connectivity index (χ0v) is 6.79. The van der Waals surface area contributed by atoms with Crippen molar-refractivity contribution in [2.45, 2.75) is 0 Å². The molecule has 11 heavy (non-hydrogen) atoms. The average Bonchev–Trinajstić information content (AvgIpc) is 2.05. The van der Waals surface area contributed by atoms with Crippen molar-refractivity contribution in [3.63, 3.8) is 0 Å². The molecule has 0 heterocycles. The lowest BCUT2D eigenvalue weighted by Crippen LogP contribution is -1.74. The van der Waals surface area contributed by atoms with E-state index >= 15 is 0 Å². The first-order valence-corrected chi connectivity index (χ1v) is 4.33. The normalized spacial score (nSPS) is 10.8. The highest BCUT2D eigenvalue weighted by atomic mass is 31.1. The summed E-state index contributed by atoms with van der Waals surface area (Å²) in [5.74, 6) is 0. The lowest BCUT2D eigenvalue weighted by atomic mass is 10.2. The van der Waals surface area contributed by atoms with Crippen molar-refractivity contribution < 1.29 is 9.46 Å². The Morgan fingerprint density at radius 2 is 1.91 bits per heavy atom. The molecule has 0 spiro atoms. The van der Waals surface area contributed by atoms with Crippen molar-refractivity contribution in [1.82, 2.24) is 0 Å². The molecule has 0 saturated heterocycles. The predicted molar refractivity (Wildman–Crippen MR) is 45.3 cm³/mol. The second-order valence-electron chi connectivity index (χ2n) is 2.09. The molecule has 0 aromatic heterocycles.